The molecule has 0 unspecified atom stereocenters. The van der Waals surface area contributed by atoms with Crippen LogP contribution in [0.1, 0.15) is 56.8 Å². The lowest BCUT2D eigenvalue weighted by molar-refractivity contribution is 0.112. The van der Waals surface area contributed by atoms with Gasteiger partial charge < -0.3 is 9.64 Å². The molecule has 0 spiro atoms. The zero-order chi connectivity index (χ0) is 19.6. The van der Waals surface area contributed by atoms with Crippen molar-refractivity contribution in [2.45, 2.75) is 46.5 Å². The summed E-state index contributed by atoms with van der Waals surface area (Å²) in [6, 6.07) is 11.4. The molecule has 27 heavy (non-hydrogen) atoms. The van der Waals surface area contributed by atoms with Crippen molar-refractivity contribution in [2.75, 3.05) is 26.7 Å². The first-order valence-electron chi connectivity index (χ1n) is 10.4. The molecule has 2 aliphatic rings. The highest BCUT2D eigenvalue weighted by Gasteiger charge is 2.25. The number of hydrogen-bond donors (Lipinski definition) is 0. The minimum absolute atomic E-state index is 0.697. The van der Waals surface area contributed by atoms with Crippen LogP contribution in [0.4, 0.5) is 0 Å². The summed E-state index contributed by atoms with van der Waals surface area (Å²) in [5, 5.41) is 2.13. The Morgan fingerprint density at radius 1 is 1.00 bits per heavy atom. The Hall–Kier alpha value is -1.87. The fraction of sp³-hybridized carbons (Fsp3) is 0.542. The van der Waals surface area contributed by atoms with Crippen LogP contribution in [-0.2, 0) is 0 Å². The molecule has 0 aromatic heterocycles. The first-order chi connectivity index (χ1) is 13.2. The van der Waals surface area contributed by atoms with Gasteiger partial charge in [-0.1, -0.05) is 39.0 Å². The van der Waals surface area contributed by atoms with Crippen molar-refractivity contribution in [2.24, 2.45) is 11.8 Å². The van der Waals surface area contributed by atoms with Crippen molar-refractivity contribution in [3.05, 3.63) is 42.0 Å². The number of nitrogens with zero attached hydrogens (tertiary/aromatic N) is 1. The van der Waals surface area contributed by atoms with E-state index in [9.17, 15) is 4.79 Å². The van der Waals surface area contributed by atoms with E-state index in [0.29, 0.717) is 5.56 Å². The van der Waals surface area contributed by atoms with E-state index in [1.165, 1.54) is 45.3 Å². The number of hydrogen-bond acceptors (Lipinski definition) is 3. The summed E-state index contributed by atoms with van der Waals surface area (Å²) in [5.41, 5.74) is 0.697. The van der Waals surface area contributed by atoms with Crippen molar-refractivity contribution < 1.29 is 9.53 Å². The Kier molecular flexibility index (Phi) is 8.80. The van der Waals surface area contributed by atoms with Gasteiger partial charge in [0, 0.05) is 12.1 Å². The van der Waals surface area contributed by atoms with Gasteiger partial charge in [-0.05, 0) is 79.6 Å². The highest BCUT2D eigenvalue weighted by molar-refractivity contribution is 5.89. The monoisotopic (exact) mass is 369 g/mol. The van der Waals surface area contributed by atoms with E-state index < -0.39 is 0 Å². The van der Waals surface area contributed by atoms with Gasteiger partial charge in [-0.25, -0.2) is 0 Å². The minimum Gasteiger partial charge on any atom is -0.497 e. The number of likely N-dealkylation sites (tertiary alicyclic amines) is 1. The topological polar surface area (TPSA) is 29.5 Å². The van der Waals surface area contributed by atoms with Crippen LogP contribution < -0.4 is 4.74 Å². The molecule has 2 aromatic carbocycles. The molecule has 0 bridgehead atoms. The molecule has 148 valence electrons. The lowest BCUT2D eigenvalue weighted by Gasteiger charge is -2.30. The van der Waals surface area contributed by atoms with Gasteiger partial charge in [0.2, 0.25) is 0 Å². The number of benzene rings is 2. The molecular weight excluding hydrogens is 334 g/mol. The molecule has 1 saturated heterocycles. The number of ether oxygens (including phenoxy) is 1. The molecule has 0 atom stereocenters. The summed E-state index contributed by atoms with van der Waals surface area (Å²) >= 11 is 0. The summed E-state index contributed by atoms with van der Waals surface area (Å²) in [5.74, 6) is 2.91. The van der Waals surface area contributed by atoms with E-state index in [2.05, 4.69) is 11.8 Å². The van der Waals surface area contributed by atoms with Crippen LogP contribution >= 0.6 is 0 Å². The number of piperidine rings is 1. The molecule has 4 rings (SSSR count). The van der Waals surface area contributed by atoms with Crippen molar-refractivity contribution in [3.8, 4) is 5.75 Å². The average Bonchev–Trinajstić information content (AvgIpc) is 3.55. The van der Waals surface area contributed by atoms with Crippen molar-refractivity contribution >= 4 is 17.1 Å². The third kappa shape index (κ3) is 6.99. The number of rotatable bonds is 4. The second-order valence-corrected chi connectivity index (χ2v) is 7.52. The number of carbonyl (C=O) groups is 1. The fourth-order valence-corrected chi connectivity index (χ4v) is 3.35. The molecule has 1 heterocycles. The molecule has 1 saturated carbocycles. The lowest BCUT2D eigenvalue weighted by Crippen LogP contribution is -2.34. The van der Waals surface area contributed by atoms with Crippen LogP contribution in [0.15, 0.2) is 36.4 Å². The quantitative estimate of drug-likeness (QED) is 0.636. The highest BCUT2D eigenvalue weighted by atomic mass is 16.5. The molecule has 3 heteroatoms. The second kappa shape index (κ2) is 11.1. The number of fused-ring (bicyclic) bond motifs is 1. The Labute approximate surface area is 164 Å². The molecule has 0 N–H and O–H groups in total. The largest absolute Gasteiger partial charge is 0.497 e. The van der Waals surface area contributed by atoms with Gasteiger partial charge in [0.05, 0.1) is 7.11 Å². The number of methoxy groups -OCH3 is 1. The minimum atomic E-state index is 0.697. The predicted molar refractivity (Wildman–Crippen MR) is 115 cm³/mol. The number of aldehydes is 1. The molecule has 0 amide bonds. The van der Waals surface area contributed by atoms with E-state index in [-0.39, 0.29) is 0 Å². The van der Waals surface area contributed by atoms with Gasteiger partial charge in [0.1, 0.15) is 12.0 Å². The van der Waals surface area contributed by atoms with Gasteiger partial charge in [0.15, 0.2) is 0 Å². The summed E-state index contributed by atoms with van der Waals surface area (Å²) in [6.07, 6.45) is 6.74. The Bertz CT molecular complexity index is 701. The third-order valence-corrected chi connectivity index (χ3v) is 5.30. The first-order valence-corrected chi connectivity index (χ1v) is 10.4. The zero-order valence-corrected chi connectivity index (χ0v) is 17.4. The normalized spacial score (nSPS) is 17.3. The molecule has 1 aliphatic carbocycles. The van der Waals surface area contributed by atoms with Gasteiger partial charge in [-0.3, -0.25) is 4.79 Å². The van der Waals surface area contributed by atoms with Gasteiger partial charge in [0.25, 0.3) is 0 Å². The van der Waals surface area contributed by atoms with Crippen molar-refractivity contribution in [1.82, 2.24) is 4.90 Å². The second-order valence-electron chi connectivity index (χ2n) is 7.52. The smallest absolute Gasteiger partial charge is 0.150 e. The SMILES string of the molecule is CC.CC1CCN(CC2CC2)CC1.COc1ccc2cc(C=O)ccc2c1. The highest BCUT2D eigenvalue weighted by Crippen LogP contribution is 2.31. The molecule has 1 aliphatic heterocycles. The van der Waals surface area contributed by atoms with Crippen molar-refractivity contribution in [1.29, 1.82) is 0 Å². The van der Waals surface area contributed by atoms with E-state index in [0.717, 1.165) is 34.6 Å². The van der Waals surface area contributed by atoms with E-state index in [1.54, 1.807) is 13.2 Å². The maximum atomic E-state index is 10.5. The molecule has 3 nitrogen and oxygen atoms in total. The van der Waals surface area contributed by atoms with E-state index >= 15 is 0 Å². The van der Waals surface area contributed by atoms with Gasteiger partial charge in [-0.15, -0.1) is 0 Å². The fourth-order valence-electron chi connectivity index (χ4n) is 3.35. The summed E-state index contributed by atoms with van der Waals surface area (Å²) in [4.78, 5) is 13.2. The van der Waals surface area contributed by atoms with Crippen LogP contribution in [0.5, 0.6) is 5.75 Å². The van der Waals surface area contributed by atoms with Crippen LogP contribution in [0.25, 0.3) is 10.8 Å². The zero-order valence-electron chi connectivity index (χ0n) is 17.4. The maximum Gasteiger partial charge on any atom is 0.150 e. The Morgan fingerprint density at radius 2 is 1.63 bits per heavy atom. The van der Waals surface area contributed by atoms with Crippen LogP contribution in [-0.4, -0.2) is 37.9 Å². The third-order valence-electron chi connectivity index (χ3n) is 5.30. The Morgan fingerprint density at radius 3 is 2.22 bits per heavy atom. The predicted octanol–water partition coefficient (Wildman–Crippen LogP) is 5.82. The van der Waals surface area contributed by atoms with E-state index in [4.69, 9.17) is 4.74 Å². The van der Waals surface area contributed by atoms with Gasteiger partial charge >= 0.3 is 0 Å². The molecule has 2 aromatic rings. The maximum absolute atomic E-state index is 10.5. The van der Waals surface area contributed by atoms with Crippen LogP contribution in [0.2, 0.25) is 0 Å². The molecular formula is C24H35NO2. The molecule has 2 fully saturated rings. The number of carbonyl (C=O) groups excluding carboxylic acids is 1. The standard InChI is InChI=1S/C12H10O2.C10H19N.C2H6/c1-14-12-5-4-10-6-9(8-13)2-3-11(10)7-12;1-9-4-6-11(7-5-9)8-10-2-3-10;1-2/h2-8H,1H3;9-10H,2-8H2,1H3;1-2H3. The average molecular weight is 370 g/mol. The Balaban J connectivity index is 0.000000181. The van der Waals surface area contributed by atoms with Crippen LogP contribution in [0.3, 0.4) is 0 Å². The lowest BCUT2D eigenvalue weighted by atomic mass is 9.99. The van der Waals surface area contributed by atoms with Crippen molar-refractivity contribution in [3.63, 3.8) is 0 Å². The van der Waals surface area contributed by atoms with E-state index in [1.807, 2.05) is 44.2 Å². The first kappa shape index (κ1) is 21.4. The molecule has 0 radical (unpaired) electrons. The summed E-state index contributed by atoms with van der Waals surface area (Å²) in [6.45, 7) is 10.5. The summed E-state index contributed by atoms with van der Waals surface area (Å²) in [7, 11) is 1.64. The van der Waals surface area contributed by atoms with Crippen LogP contribution in [0, 0.1) is 11.8 Å². The summed E-state index contributed by atoms with van der Waals surface area (Å²) < 4.78 is 5.11. The van der Waals surface area contributed by atoms with Gasteiger partial charge in [-0.2, -0.15) is 0 Å².